The van der Waals surface area contributed by atoms with Crippen molar-refractivity contribution in [1.82, 2.24) is 33.6 Å². The van der Waals surface area contributed by atoms with Crippen molar-refractivity contribution < 1.29 is 34.8 Å². The van der Waals surface area contributed by atoms with Crippen LogP contribution in [0.4, 0.5) is 0 Å². The van der Waals surface area contributed by atoms with E-state index in [9.17, 15) is 4.79 Å². The minimum absolute atomic E-state index is 0.346. The predicted molar refractivity (Wildman–Crippen MR) is 297 cm³/mol. The first kappa shape index (κ1) is 59.8. The highest BCUT2D eigenvalue weighted by molar-refractivity contribution is 7.52. The summed E-state index contributed by atoms with van der Waals surface area (Å²) >= 11 is 16.7. The van der Waals surface area contributed by atoms with E-state index in [1.165, 1.54) is 17.8 Å². The molecule has 6 aromatic heterocycles. The summed E-state index contributed by atoms with van der Waals surface area (Å²) in [4.78, 5) is 26.3. The van der Waals surface area contributed by atoms with Crippen molar-refractivity contribution in [3.8, 4) is 17.1 Å². The first-order chi connectivity index (χ1) is 35.7. The van der Waals surface area contributed by atoms with Gasteiger partial charge in [0.05, 0.1) is 29.9 Å². The molecule has 0 spiro atoms. The monoisotopic (exact) mass is 1120 g/mol. The average Bonchev–Trinajstić information content (AvgIpc) is 4.06. The lowest BCUT2D eigenvalue weighted by molar-refractivity contribution is -0.107. The SMILES string of the molecule is CCCN(C)CCc1cc2c(Cl)nc(C)cc2n1-c1ccccc1.COC=Cc1cc2c(Cl)nc(C)cc2n1-c1ccccc1.Cc1cc2c(cc(CC=O)n2-c2ccccc2)c(Cl)n1.O=S=O.O=S=O.O=S=O. The van der Waals surface area contributed by atoms with Gasteiger partial charge in [-0.1, -0.05) is 96.3 Å². The molecule has 6 heterocycles. The molecule has 21 heteroatoms. The topological polar surface area (TPSA) is 185 Å². The molecule has 0 aliphatic heterocycles. The molecule has 15 nitrogen and oxygen atoms in total. The first-order valence-electron chi connectivity index (χ1n) is 22.5. The second-order valence-electron chi connectivity index (χ2n) is 16.0. The van der Waals surface area contributed by atoms with Crippen molar-refractivity contribution in [3.63, 3.8) is 0 Å². The van der Waals surface area contributed by atoms with Gasteiger partial charge in [-0.05, 0) is 120 Å². The maximum Gasteiger partial charge on any atom is 0.335 e. The second-order valence-corrected chi connectivity index (χ2v) is 17.5. The van der Waals surface area contributed by atoms with E-state index < -0.39 is 34.7 Å². The number of rotatable bonds is 12. The quantitative estimate of drug-likeness (QED) is 0.0641. The number of likely N-dealkylation sites (N-methyl/N-ethyl adjacent to an activating group) is 1. The fourth-order valence-corrected chi connectivity index (χ4v) is 8.93. The van der Waals surface area contributed by atoms with E-state index in [0.29, 0.717) is 21.9 Å². The van der Waals surface area contributed by atoms with Gasteiger partial charge in [-0.25, -0.2) is 15.0 Å². The zero-order chi connectivity index (χ0) is 54.2. The van der Waals surface area contributed by atoms with Crippen molar-refractivity contribution in [1.29, 1.82) is 0 Å². The van der Waals surface area contributed by atoms with Crippen molar-refractivity contribution in [2.45, 2.75) is 47.0 Å². The largest absolute Gasteiger partial charge is 0.504 e. The number of nitrogens with zero attached hydrogens (tertiary/aromatic N) is 7. The van der Waals surface area contributed by atoms with Gasteiger partial charge < -0.3 is 28.1 Å². The van der Waals surface area contributed by atoms with Crippen LogP contribution >= 0.6 is 34.8 Å². The number of hydrogen-bond acceptors (Lipinski definition) is 12. The van der Waals surface area contributed by atoms with Crippen LogP contribution in [0.3, 0.4) is 0 Å². The lowest BCUT2D eigenvalue weighted by atomic mass is 10.2. The van der Waals surface area contributed by atoms with Crippen molar-refractivity contribution >= 4 is 115 Å². The number of hydrogen-bond donors (Lipinski definition) is 0. The standard InChI is InChI=1S/C20H24ClN3.C17H15ClN2O.C16H13ClN2O.3O2S/c1-4-11-23(3)12-10-17-14-18-19(13-15(2)22-20(18)21)24(17)16-8-6-5-7-9-16;1-12-10-16-15(17(18)19-12)11-14(8-9-21-2)20(16)13-6-4-3-5-7-13;1-11-9-15-14(16(17)18-11)10-13(7-8-20)19(15)12-5-3-2-4-6-12;3*1-3-2/h5-9,13-14H,4,10-12H2,1-3H3;3-11H,1-2H3;2-6,8-10H,7H2,1H3;;;. The summed E-state index contributed by atoms with van der Waals surface area (Å²) in [5.41, 5.74) is 12.3. The highest BCUT2D eigenvalue weighted by Crippen LogP contribution is 2.33. The summed E-state index contributed by atoms with van der Waals surface area (Å²) in [6.45, 7) is 10.2. The number of aryl methyl sites for hydroxylation is 3. The lowest BCUT2D eigenvalue weighted by Crippen LogP contribution is -2.22. The van der Waals surface area contributed by atoms with Gasteiger partial charge in [0.15, 0.2) is 0 Å². The van der Waals surface area contributed by atoms with Crippen LogP contribution in [0.2, 0.25) is 15.5 Å². The molecule has 3 aromatic carbocycles. The molecule has 0 unspecified atom stereocenters. The molecule has 74 heavy (non-hydrogen) atoms. The van der Waals surface area contributed by atoms with Crippen LogP contribution in [0, 0.1) is 20.8 Å². The predicted octanol–water partition coefficient (Wildman–Crippen LogP) is 11.2. The van der Waals surface area contributed by atoms with E-state index >= 15 is 0 Å². The summed E-state index contributed by atoms with van der Waals surface area (Å²) in [7, 11) is 3.81. The van der Waals surface area contributed by atoms with Crippen LogP contribution in [0.15, 0.2) is 134 Å². The number of para-hydroxylation sites is 3. The summed E-state index contributed by atoms with van der Waals surface area (Å²) in [5.74, 6) is 0. The number of benzene rings is 3. The molecule has 9 aromatic rings. The molecule has 0 bridgehead atoms. The van der Waals surface area contributed by atoms with E-state index in [2.05, 4.69) is 96.1 Å². The Balaban J connectivity index is 0.000000223. The smallest absolute Gasteiger partial charge is 0.335 e. The van der Waals surface area contributed by atoms with Crippen LogP contribution < -0.4 is 0 Å². The van der Waals surface area contributed by atoms with Crippen LogP contribution in [0.5, 0.6) is 0 Å². The molecular formula is C53H52Cl3N7O8S3. The van der Waals surface area contributed by atoms with Gasteiger partial charge in [0, 0.05) is 86.8 Å². The zero-order valence-corrected chi connectivity index (χ0v) is 45.9. The molecule has 0 fully saturated rings. The molecule has 0 amide bonds. The van der Waals surface area contributed by atoms with Gasteiger partial charge in [0.1, 0.15) is 21.7 Å². The van der Waals surface area contributed by atoms with Crippen LogP contribution in [-0.2, 0) is 57.1 Å². The Bertz CT molecular complexity index is 3380. The molecule has 0 saturated heterocycles. The number of ether oxygens (including phenoxy) is 1. The third-order valence-corrected chi connectivity index (χ3v) is 11.8. The van der Waals surface area contributed by atoms with Gasteiger partial charge in [0.2, 0.25) is 0 Å². The molecule has 386 valence electrons. The summed E-state index contributed by atoms with van der Waals surface area (Å²) in [5, 5.41) is 4.41. The molecule has 0 aliphatic carbocycles. The third kappa shape index (κ3) is 16.4. The Labute approximate surface area is 454 Å². The number of aromatic nitrogens is 6. The molecule has 0 N–H and O–H groups in total. The van der Waals surface area contributed by atoms with Gasteiger partial charge in [-0.3, -0.25) is 0 Å². The molecular weight excluding hydrogens is 1070 g/mol. The zero-order valence-electron chi connectivity index (χ0n) is 41.1. The van der Waals surface area contributed by atoms with Gasteiger partial charge in [-0.15, -0.1) is 0 Å². The van der Waals surface area contributed by atoms with Crippen LogP contribution in [-0.4, -0.2) is 92.3 Å². The van der Waals surface area contributed by atoms with Gasteiger partial charge in [0.25, 0.3) is 0 Å². The Morgan fingerprint density at radius 2 is 0.919 bits per heavy atom. The Hall–Kier alpha value is -6.77. The van der Waals surface area contributed by atoms with E-state index in [0.717, 1.165) is 98.3 Å². The average molecular weight is 1120 g/mol. The van der Waals surface area contributed by atoms with E-state index in [1.807, 2.05) is 106 Å². The number of fused-ring (bicyclic) bond motifs is 3. The van der Waals surface area contributed by atoms with E-state index in [4.69, 9.17) is 64.8 Å². The number of methoxy groups -OCH3 is 1. The van der Waals surface area contributed by atoms with Crippen molar-refractivity contribution in [3.05, 3.63) is 183 Å². The molecule has 0 aliphatic rings. The second kappa shape index (κ2) is 31.1. The van der Waals surface area contributed by atoms with E-state index in [1.54, 1.807) is 13.4 Å². The minimum Gasteiger partial charge on any atom is -0.504 e. The molecule has 0 atom stereocenters. The molecule has 9 rings (SSSR count). The number of carbonyl (C=O) groups excluding carboxylic acids is 1. The summed E-state index contributed by atoms with van der Waals surface area (Å²) < 4.78 is 61.3. The van der Waals surface area contributed by atoms with Gasteiger partial charge >= 0.3 is 34.7 Å². The number of halogens is 3. The van der Waals surface area contributed by atoms with Gasteiger partial charge in [-0.2, -0.15) is 25.3 Å². The maximum absolute atomic E-state index is 10.9. The van der Waals surface area contributed by atoms with E-state index in [-0.39, 0.29) is 0 Å². The highest BCUT2D eigenvalue weighted by atomic mass is 35.5. The summed E-state index contributed by atoms with van der Waals surface area (Å²) in [6, 6.07) is 42.9. The summed E-state index contributed by atoms with van der Waals surface area (Å²) in [6.07, 6.45) is 6.98. The number of aldehydes is 1. The minimum atomic E-state index is -0.750. The number of carbonyl (C=O) groups is 1. The molecule has 0 radical (unpaired) electrons. The number of pyridine rings is 3. The highest BCUT2D eigenvalue weighted by Gasteiger charge is 2.17. The van der Waals surface area contributed by atoms with Crippen molar-refractivity contribution in [2.24, 2.45) is 0 Å². The Morgan fingerprint density at radius 3 is 1.31 bits per heavy atom. The normalized spacial score (nSPS) is 10.4. The Morgan fingerprint density at radius 1 is 0.554 bits per heavy atom. The van der Waals surface area contributed by atoms with Crippen LogP contribution in [0.1, 0.15) is 47.5 Å². The van der Waals surface area contributed by atoms with Crippen LogP contribution in [0.25, 0.3) is 55.8 Å². The Kier molecular flexibility index (Phi) is 25.1. The fourth-order valence-electron chi connectivity index (χ4n) is 8.07. The fraction of sp³-hybridized carbons (Fsp3) is 0.208. The van der Waals surface area contributed by atoms with Crippen molar-refractivity contribution in [2.75, 3.05) is 27.2 Å². The molecule has 0 saturated carbocycles. The lowest BCUT2D eigenvalue weighted by Gasteiger charge is -2.17. The maximum atomic E-state index is 10.9. The third-order valence-electron chi connectivity index (χ3n) is 10.9. The first-order valence-corrected chi connectivity index (χ1v) is 25.7.